The normalized spacial score (nSPS) is 11.8. The number of carbonyl (C=O) groups is 4. The first-order valence-corrected chi connectivity index (χ1v) is 13.8. The van der Waals surface area contributed by atoms with Crippen molar-refractivity contribution >= 4 is 24.1 Å². The number of methoxy groups -OCH3 is 1. The molecule has 10 heteroatoms. The van der Waals surface area contributed by atoms with Crippen LogP contribution < -0.4 is 16.0 Å². The van der Waals surface area contributed by atoms with Crippen LogP contribution >= 0.6 is 0 Å². The molecular weight excluding hydrogens is 538 g/mol. The predicted molar refractivity (Wildman–Crippen MR) is 156 cm³/mol. The Morgan fingerprint density at radius 1 is 0.643 bits per heavy atom. The standard InChI is InChI=1S/C32H37N3O7/c1-40-30(37)28(21-24-13-5-2-6-14-24)34-29(36)27(35-32(39)42-23-26-17-9-4-10-18-26)19-11-12-20-33-31(38)41-22-25-15-7-3-8-16-25/h2-10,13-18,27-28H,11-12,19-23H2,1H3,(H,33,38)(H,34,36)(H,35,39)/t27-,28-/m1/s1. The third kappa shape index (κ3) is 11.7. The molecule has 2 atom stereocenters. The van der Waals surface area contributed by atoms with Crippen LogP contribution in [0.2, 0.25) is 0 Å². The molecule has 0 aliphatic rings. The lowest BCUT2D eigenvalue weighted by atomic mass is 10.0. The third-order valence-electron chi connectivity index (χ3n) is 6.31. The summed E-state index contributed by atoms with van der Waals surface area (Å²) in [7, 11) is 1.25. The molecule has 0 saturated heterocycles. The van der Waals surface area contributed by atoms with E-state index in [0.29, 0.717) is 19.4 Å². The van der Waals surface area contributed by atoms with Gasteiger partial charge in [0.05, 0.1) is 7.11 Å². The SMILES string of the molecule is COC(=O)[C@@H](Cc1ccccc1)NC(=O)[C@@H](CCCCNC(=O)OCc1ccccc1)NC(=O)OCc1ccccc1. The monoisotopic (exact) mass is 575 g/mol. The van der Waals surface area contributed by atoms with Crippen LogP contribution in [-0.2, 0) is 43.4 Å². The Balaban J connectivity index is 1.53. The van der Waals surface area contributed by atoms with E-state index in [9.17, 15) is 19.2 Å². The van der Waals surface area contributed by atoms with E-state index in [-0.39, 0.29) is 26.1 Å². The fourth-order valence-electron chi connectivity index (χ4n) is 4.07. The molecule has 0 aliphatic heterocycles. The highest BCUT2D eigenvalue weighted by Crippen LogP contribution is 2.08. The smallest absolute Gasteiger partial charge is 0.408 e. The number of nitrogens with one attached hydrogen (secondary N) is 3. The Morgan fingerprint density at radius 2 is 1.17 bits per heavy atom. The molecule has 3 rings (SSSR count). The minimum Gasteiger partial charge on any atom is -0.467 e. The van der Waals surface area contributed by atoms with E-state index in [1.807, 2.05) is 91.0 Å². The van der Waals surface area contributed by atoms with Gasteiger partial charge in [0.1, 0.15) is 25.3 Å². The van der Waals surface area contributed by atoms with Crippen LogP contribution in [0.15, 0.2) is 91.0 Å². The molecular formula is C32H37N3O7. The van der Waals surface area contributed by atoms with Gasteiger partial charge < -0.3 is 30.2 Å². The summed E-state index contributed by atoms with van der Waals surface area (Å²) in [4.78, 5) is 50.3. The number of amides is 3. The number of carbonyl (C=O) groups excluding carboxylic acids is 4. The topological polar surface area (TPSA) is 132 Å². The molecule has 0 radical (unpaired) electrons. The van der Waals surface area contributed by atoms with E-state index in [1.165, 1.54) is 7.11 Å². The van der Waals surface area contributed by atoms with Crippen LogP contribution in [0.4, 0.5) is 9.59 Å². The van der Waals surface area contributed by atoms with E-state index in [2.05, 4.69) is 16.0 Å². The summed E-state index contributed by atoms with van der Waals surface area (Å²) < 4.78 is 15.4. The first kappa shape index (κ1) is 31.7. The van der Waals surface area contributed by atoms with E-state index >= 15 is 0 Å². The number of hydrogen-bond donors (Lipinski definition) is 3. The lowest BCUT2D eigenvalue weighted by Crippen LogP contribution is -2.52. The van der Waals surface area contributed by atoms with Gasteiger partial charge in [-0.25, -0.2) is 14.4 Å². The number of benzene rings is 3. The lowest BCUT2D eigenvalue weighted by Gasteiger charge is -2.22. The van der Waals surface area contributed by atoms with Crippen molar-refractivity contribution in [2.75, 3.05) is 13.7 Å². The lowest BCUT2D eigenvalue weighted by molar-refractivity contribution is -0.145. The van der Waals surface area contributed by atoms with Crippen molar-refractivity contribution in [1.29, 1.82) is 0 Å². The van der Waals surface area contributed by atoms with Crippen LogP contribution in [0.1, 0.15) is 36.0 Å². The van der Waals surface area contributed by atoms with Crippen molar-refractivity contribution in [3.8, 4) is 0 Å². The van der Waals surface area contributed by atoms with Crippen molar-refractivity contribution in [3.05, 3.63) is 108 Å². The quantitative estimate of drug-likeness (QED) is 0.140. The first-order valence-electron chi connectivity index (χ1n) is 13.8. The van der Waals surface area contributed by atoms with Crippen LogP contribution in [0.3, 0.4) is 0 Å². The summed E-state index contributed by atoms with van der Waals surface area (Å²) in [5, 5.41) is 8.01. The zero-order valence-corrected chi connectivity index (χ0v) is 23.6. The largest absolute Gasteiger partial charge is 0.467 e. The van der Waals surface area contributed by atoms with E-state index in [1.54, 1.807) is 0 Å². The van der Waals surface area contributed by atoms with Crippen LogP contribution in [0, 0.1) is 0 Å². The summed E-state index contributed by atoms with van der Waals surface area (Å²) in [6, 6.07) is 25.8. The Bertz CT molecular complexity index is 1260. The molecule has 3 aromatic carbocycles. The molecule has 0 heterocycles. The summed E-state index contributed by atoms with van der Waals surface area (Å²) in [6.07, 6.45) is 0.162. The summed E-state index contributed by atoms with van der Waals surface area (Å²) in [6.45, 7) is 0.516. The van der Waals surface area contributed by atoms with Gasteiger partial charge in [0.25, 0.3) is 0 Å². The molecule has 10 nitrogen and oxygen atoms in total. The predicted octanol–water partition coefficient (Wildman–Crippen LogP) is 4.28. The second kappa shape index (κ2) is 17.8. The van der Waals surface area contributed by atoms with Crippen LogP contribution in [0.25, 0.3) is 0 Å². The van der Waals surface area contributed by atoms with Gasteiger partial charge in [0, 0.05) is 13.0 Å². The molecule has 42 heavy (non-hydrogen) atoms. The van der Waals surface area contributed by atoms with Crippen LogP contribution in [-0.4, -0.2) is 49.8 Å². The highest BCUT2D eigenvalue weighted by Gasteiger charge is 2.28. The number of ether oxygens (including phenoxy) is 3. The maximum atomic E-state index is 13.3. The number of alkyl carbamates (subject to hydrolysis) is 2. The molecule has 3 N–H and O–H groups in total. The summed E-state index contributed by atoms with van der Waals surface area (Å²) in [5.74, 6) is -1.15. The van der Waals surface area contributed by atoms with Gasteiger partial charge in [0.2, 0.25) is 5.91 Å². The van der Waals surface area contributed by atoms with Gasteiger partial charge in [-0.2, -0.15) is 0 Å². The van der Waals surface area contributed by atoms with Crippen molar-refractivity contribution in [2.24, 2.45) is 0 Å². The minimum absolute atomic E-state index is 0.0365. The molecule has 0 aromatic heterocycles. The maximum absolute atomic E-state index is 13.3. The molecule has 0 fully saturated rings. The van der Waals surface area contributed by atoms with Gasteiger partial charge in [-0.15, -0.1) is 0 Å². The van der Waals surface area contributed by atoms with Crippen molar-refractivity contribution in [3.63, 3.8) is 0 Å². The summed E-state index contributed by atoms with van der Waals surface area (Å²) >= 11 is 0. The molecule has 0 unspecified atom stereocenters. The third-order valence-corrected chi connectivity index (χ3v) is 6.31. The average Bonchev–Trinajstić information content (AvgIpc) is 3.02. The molecule has 0 bridgehead atoms. The average molecular weight is 576 g/mol. The Labute approximate surface area is 245 Å². The Morgan fingerprint density at radius 3 is 1.71 bits per heavy atom. The Kier molecular flexibility index (Phi) is 13.4. The zero-order valence-electron chi connectivity index (χ0n) is 23.6. The molecule has 3 aromatic rings. The Hall–Kier alpha value is -4.86. The molecule has 0 saturated carbocycles. The second-order valence-electron chi connectivity index (χ2n) is 9.52. The second-order valence-corrected chi connectivity index (χ2v) is 9.52. The van der Waals surface area contributed by atoms with Crippen LogP contribution in [0.5, 0.6) is 0 Å². The van der Waals surface area contributed by atoms with Crippen molar-refractivity contribution in [1.82, 2.24) is 16.0 Å². The number of hydrogen-bond acceptors (Lipinski definition) is 7. The zero-order chi connectivity index (χ0) is 30.0. The van der Waals surface area contributed by atoms with E-state index in [0.717, 1.165) is 16.7 Å². The number of rotatable bonds is 15. The maximum Gasteiger partial charge on any atom is 0.408 e. The van der Waals surface area contributed by atoms with Crippen molar-refractivity contribution in [2.45, 2.75) is 51.0 Å². The van der Waals surface area contributed by atoms with Gasteiger partial charge in [-0.3, -0.25) is 4.79 Å². The van der Waals surface area contributed by atoms with Gasteiger partial charge in [0.15, 0.2) is 0 Å². The molecule has 0 aliphatic carbocycles. The first-order chi connectivity index (χ1) is 20.4. The van der Waals surface area contributed by atoms with Gasteiger partial charge in [-0.1, -0.05) is 91.0 Å². The number of unbranched alkanes of at least 4 members (excludes halogenated alkanes) is 1. The number of esters is 1. The highest BCUT2D eigenvalue weighted by atomic mass is 16.6. The molecule has 3 amide bonds. The highest BCUT2D eigenvalue weighted by molar-refractivity contribution is 5.89. The minimum atomic E-state index is -0.985. The van der Waals surface area contributed by atoms with Gasteiger partial charge >= 0.3 is 18.2 Å². The molecule has 0 spiro atoms. The van der Waals surface area contributed by atoms with E-state index < -0.39 is 36.1 Å². The fourth-order valence-corrected chi connectivity index (χ4v) is 4.07. The fraction of sp³-hybridized carbons (Fsp3) is 0.312. The molecule has 222 valence electrons. The van der Waals surface area contributed by atoms with E-state index in [4.69, 9.17) is 14.2 Å². The van der Waals surface area contributed by atoms with Crippen molar-refractivity contribution < 1.29 is 33.4 Å². The van der Waals surface area contributed by atoms with Gasteiger partial charge in [-0.05, 0) is 36.0 Å². The summed E-state index contributed by atoms with van der Waals surface area (Å²) in [5.41, 5.74) is 2.52.